The van der Waals surface area contributed by atoms with Crippen molar-refractivity contribution >= 4 is 27.7 Å². The van der Waals surface area contributed by atoms with Crippen LogP contribution in [0.2, 0.25) is 0 Å². The van der Waals surface area contributed by atoms with Gasteiger partial charge in [0.15, 0.2) is 6.10 Å². The first-order valence-electron chi connectivity index (χ1n) is 7.34. The number of nitrogens with one attached hydrogen (secondary N) is 1. The number of aryl methyl sites for hydroxylation is 1. The van der Waals surface area contributed by atoms with Crippen LogP contribution in [0, 0.1) is 6.92 Å². The van der Waals surface area contributed by atoms with E-state index in [1.165, 1.54) is 37.3 Å². The second-order valence-corrected chi connectivity index (χ2v) is 6.92. The smallest absolute Gasteiger partial charge is 0.337 e. The average molecular weight is 363 g/mol. The fraction of sp³-hybridized carbons (Fsp3) is 0.176. The molecule has 0 aliphatic carbocycles. The molecule has 0 fully saturated rings. The number of hydrogen-bond donors (Lipinski definition) is 2. The number of carboxylic acids is 1. The van der Waals surface area contributed by atoms with Crippen molar-refractivity contribution in [2.24, 2.45) is 0 Å². The summed E-state index contributed by atoms with van der Waals surface area (Å²) in [4.78, 5) is 23.2. The highest BCUT2D eigenvalue weighted by atomic mass is 32.2. The van der Waals surface area contributed by atoms with Gasteiger partial charge in [-0.2, -0.15) is 8.42 Å². The lowest BCUT2D eigenvalue weighted by atomic mass is 10.1. The summed E-state index contributed by atoms with van der Waals surface area (Å²) in [5.41, 5.74) is 0.836. The Kier molecular flexibility index (Phi) is 5.55. The minimum atomic E-state index is -4.12. The standard InChI is InChI=1S/C17H17NO6S/c1-11-7-9-13(10-8-11)25(22,23)24-12(2)16(19)18-15-6-4-3-5-14(15)17(20)21/h3-10,12H,1-2H3,(H,18,19)(H,20,21)/t12-/m0/s1. The minimum Gasteiger partial charge on any atom is -0.478 e. The van der Waals surface area contributed by atoms with Crippen LogP contribution < -0.4 is 5.32 Å². The molecule has 0 saturated heterocycles. The molecule has 2 rings (SSSR count). The molecule has 1 atom stereocenters. The van der Waals surface area contributed by atoms with Crippen molar-refractivity contribution in [3.63, 3.8) is 0 Å². The maximum atomic E-state index is 12.2. The average Bonchev–Trinajstić information content (AvgIpc) is 2.55. The first kappa shape index (κ1) is 18.6. The number of carboxylic acid groups (broad SMARTS) is 1. The summed E-state index contributed by atoms with van der Waals surface area (Å²) in [7, 11) is -4.12. The van der Waals surface area contributed by atoms with Crippen LogP contribution in [0.5, 0.6) is 0 Å². The van der Waals surface area contributed by atoms with Gasteiger partial charge >= 0.3 is 5.97 Å². The molecule has 2 aromatic carbocycles. The van der Waals surface area contributed by atoms with Crippen LogP contribution >= 0.6 is 0 Å². The largest absolute Gasteiger partial charge is 0.478 e. The van der Waals surface area contributed by atoms with E-state index in [1.54, 1.807) is 18.2 Å². The summed E-state index contributed by atoms with van der Waals surface area (Å²) < 4.78 is 29.3. The van der Waals surface area contributed by atoms with E-state index in [1.807, 2.05) is 6.92 Å². The Labute approximate surface area is 145 Å². The van der Waals surface area contributed by atoms with Gasteiger partial charge in [-0.3, -0.25) is 8.98 Å². The lowest BCUT2D eigenvalue weighted by Crippen LogP contribution is -2.30. The van der Waals surface area contributed by atoms with E-state index in [9.17, 15) is 18.0 Å². The van der Waals surface area contributed by atoms with E-state index < -0.39 is 28.1 Å². The summed E-state index contributed by atoms with van der Waals surface area (Å²) in [6, 6.07) is 11.8. The number of carbonyl (C=O) groups excluding carboxylic acids is 1. The molecule has 0 saturated carbocycles. The highest BCUT2D eigenvalue weighted by Crippen LogP contribution is 2.18. The zero-order valence-corrected chi connectivity index (χ0v) is 14.4. The van der Waals surface area contributed by atoms with Gasteiger partial charge in [-0.25, -0.2) is 4.79 Å². The zero-order valence-electron chi connectivity index (χ0n) is 13.6. The predicted octanol–water partition coefficient (Wildman–Crippen LogP) is 2.43. The van der Waals surface area contributed by atoms with Crippen LogP contribution in [-0.2, 0) is 19.1 Å². The third-order valence-corrected chi connectivity index (χ3v) is 4.76. The van der Waals surface area contributed by atoms with E-state index in [-0.39, 0.29) is 16.1 Å². The molecule has 0 heterocycles. The molecule has 0 aliphatic rings. The molecule has 1 amide bonds. The van der Waals surface area contributed by atoms with Crippen LogP contribution in [0.15, 0.2) is 53.4 Å². The van der Waals surface area contributed by atoms with Crippen LogP contribution in [0.3, 0.4) is 0 Å². The second-order valence-electron chi connectivity index (χ2n) is 5.35. The monoisotopic (exact) mass is 363 g/mol. The molecule has 2 N–H and O–H groups in total. The van der Waals surface area contributed by atoms with E-state index in [4.69, 9.17) is 9.29 Å². The van der Waals surface area contributed by atoms with E-state index in [2.05, 4.69) is 5.32 Å². The quantitative estimate of drug-likeness (QED) is 0.763. The molecule has 0 bridgehead atoms. The van der Waals surface area contributed by atoms with E-state index in [0.717, 1.165) is 5.56 Å². The Balaban J connectivity index is 2.13. The molecule has 0 radical (unpaired) electrons. The number of anilines is 1. The number of para-hydroxylation sites is 1. The number of aromatic carboxylic acids is 1. The Hall–Kier alpha value is -2.71. The van der Waals surface area contributed by atoms with Gasteiger partial charge in [0, 0.05) is 0 Å². The molecule has 0 aliphatic heterocycles. The van der Waals surface area contributed by atoms with Crippen molar-refractivity contribution < 1.29 is 27.3 Å². The van der Waals surface area contributed by atoms with Crippen LogP contribution in [-0.4, -0.2) is 31.5 Å². The molecular weight excluding hydrogens is 346 g/mol. The topological polar surface area (TPSA) is 110 Å². The van der Waals surface area contributed by atoms with Crippen LogP contribution in [0.4, 0.5) is 5.69 Å². The first-order valence-corrected chi connectivity index (χ1v) is 8.74. The third kappa shape index (κ3) is 4.65. The zero-order chi connectivity index (χ0) is 18.6. The number of amides is 1. The second kappa shape index (κ2) is 7.45. The lowest BCUT2D eigenvalue weighted by Gasteiger charge is -2.14. The van der Waals surface area contributed by atoms with Gasteiger partial charge in [-0.15, -0.1) is 0 Å². The summed E-state index contributed by atoms with van der Waals surface area (Å²) >= 11 is 0. The molecule has 0 unspecified atom stereocenters. The first-order chi connectivity index (χ1) is 11.7. The number of rotatable bonds is 6. The molecule has 7 nitrogen and oxygen atoms in total. The highest BCUT2D eigenvalue weighted by molar-refractivity contribution is 7.86. The van der Waals surface area contributed by atoms with Crippen molar-refractivity contribution in [3.05, 3.63) is 59.7 Å². The predicted molar refractivity (Wildman–Crippen MR) is 90.9 cm³/mol. The highest BCUT2D eigenvalue weighted by Gasteiger charge is 2.24. The summed E-state index contributed by atoms with van der Waals surface area (Å²) in [5, 5.41) is 11.5. The van der Waals surface area contributed by atoms with E-state index in [0.29, 0.717) is 0 Å². The molecule has 8 heteroatoms. The van der Waals surface area contributed by atoms with Gasteiger partial charge in [0.2, 0.25) is 0 Å². The maximum absolute atomic E-state index is 12.2. The molecule has 25 heavy (non-hydrogen) atoms. The van der Waals surface area contributed by atoms with Crippen molar-refractivity contribution in [1.82, 2.24) is 0 Å². The Morgan fingerprint density at radius 1 is 1.08 bits per heavy atom. The van der Waals surface area contributed by atoms with Gasteiger partial charge in [0.1, 0.15) is 0 Å². The van der Waals surface area contributed by atoms with Crippen molar-refractivity contribution in [2.45, 2.75) is 24.8 Å². The molecule has 132 valence electrons. The number of hydrogen-bond acceptors (Lipinski definition) is 5. The molecule has 0 aromatic heterocycles. The van der Waals surface area contributed by atoms with Crippen molar-refractivity contribution in [3.8, 4) is 0 Å². The fourth-order valence-corrected chi connectivity index (χ4v) is 3.06. The normalized spacial score (nSPS) is 12.4. The number of benzene rings is 2. The lowest BCUT2D eigenvalue weighted by molar-refractivity contribution is -0.121. The van der Waals surface area contributed by atoms with E-state index >= 15 is 0 Å². The number of carbonyl (C=O) groups is 2. The van der Waals surface area contributed by atoms with Gasteiger partial charge in [0.05, 0.1) is 16.1 Å². The van der Waals surface area contributed by atoms with Gasteiger partial charge in [-0.1, -0.05) is 29.8 Å². The van der Waals surface area contributed by atoms with Gasteiger partial charge in [0.25, 0.3) is 16.0 Å². The molecular formula is C17H17NO6S. The Bertz CT molecular complexity index is 890. The summed E-state index contributed by atoms with van der Waals surface area (Å²) in [5.74, 6) is -1.99. The Morgan fingerprint density at radius 3 is 2.28 bits per heavy atom. The fourth-order valence-electron chi connectivity index (χ4n) is 2.01. The SMILES string of the molecule is Cc1ccc(S(=O)(=O)O[C@@H](C)C(=O)Nc2ccccc2C(=O)O)cc1. The summed E-state index contributed by atoms with van der Waals surface area (Å²) in [6.45, 7) is 3.08. The van der Waals surface area contributed by atoms with Crippen molar-refractivity contribution in [2.75, 3.05) is 5.32 Å². The van der Waals surface area contributed by atoms with Crippen molar-refractivity contribution in [1.29, 1.82) is 0 Å². The Morgan fingerprint density at radius 2 is 1.68 bits per heavy atom. The minimum absolute atomic E-state index is 0.0585. The summed E-state index contributed by atoms with van der Waals surface area (Å²) in [6.07, 6.45) is -1.34. The maximum Gasteiger partial charge on any atom is 0.337 e. The third-order valence-electron chi connectivity index (χ3n) is 3.37. The molecule has 2 aromatic rings. The van der Waals surface area contributed by atoms with Crippen LogP contribution in [0.25, 0.3) is 0 Å². The molecule has 0 spiro atoms. The van der Waals surface area contributed by atoms with Gasteiger partial charge in [-0.05, 0) is 38.1 Å². The van der Waals surface area contributed by atoms with Crippen LogP contribution in [0.1, 0.15) is 22.8 Å². The van der Waals surface area contributed by atoms with Gasteiger partial charge < -0.3 is 10.4 Å².